The second-order valence-corrected chi connectivity index (χ2v) is 8.62. The van der Waals surface area contributed by atoms with Crippen LogP contribution in [0.5, 0.6) is 0 Å². The van der Waals surface area contributed by atoms with E-state index in [2.05, 4.69) is 13.8 Å². The molecule has 1 saturated heterocycles. The topological polar surface area (TPSA) is 54.5 Å². The highest BCUT2D eigenvalue weighted by molar-refractivity contribution is 7.89. The van der Waals surface area contributed by atoms with Crippen LogP contribution in [0.4, 0.5) is 0 Å². The molecule has 0 amide bonds. The van der Waals surface area contributed by atoms with Gasteiger partial charge < -0.3 is 0 Å². The summed E-state index contributed by atoms with van der Waals surface area (Å²) in [5.41, 5.74) is 1.65. The summed E-state index contributed by atoms with van der Waals surface area (Å²) in [5.74, 6) is 0.219. The number of hydrogen-bond donors (Lipinski definition) is 0. The lowest BCUT2D eigenvalue weighted by atomic mass is 10.0. The van der Waals surface area contributed by atoms with E-state index in [9.17, 15) is 13.2 Å². The van der Waals surface area contributed by atoms with Gasteiger partial charge in [0.1, 0.15) is 0 Å². The molecule has 1 fully saturated rings. The lowest BCUT2D eigenvalue weighted by Gasteiger charge is -2.23. The molecule has 1 aliphatic heterocycles. The van der Waals surface area contributed by atoms with Gasteiger partial charge in [0.2, 0.25) is 10.0 Å². The minimum absolute atomic E-state index is 0.125. The molecule has 1 unspecified atom stereocenters. The number of hydrogen-bond acceptors (Lipinski definition) is 3. The summed E-state index contributed by atoms with van der Waals surface area (Å²) < 4.78 is 27.4. The Morgan fingerprint density at radius 3 is 2.28 bits per heavy atom. The maximum atomic E-state index is 13.0. The minimum Gasteiger partial charge on any atom is -0.292 e. The molecule has 2 aromatic rings. The largest absolute Gasteiger partial charge is 0.292 e. The molecule has 0 bridgehead atoms. The van der Waals surface area contributed by atoms with Crippen molar-refractivity contribution in [3.05, 3.63) is 65.7 Å². The highest BCUT2D eigenvalue weighted by Gasteiger charge is 2.39. The summed E-state index contributed by atoms with van der Waals surface area (Å²) in [4.78, 5) is 13.0. The standard InChI is InChI=1S/C20H23NO3S/c1-15(2)16-10-12-18(13-11-16)25(23,24)21-14-6-9-19(21)20(22)17-7-4-3-5-8-17/h3-5,7-8,10-13,15,19H,6,9,14H2,1-2H3. The number of Topliss-reactive ketones (excluding diaryl/α,β-unsaturated/α-hetero) is 1. The van der Waals surface area contributed by atoms with Gasteiger partial charge in [-0.05, 0) is 36.5 Å². The molecule has 4 nitrogen and oxygen atoms in total. The fourth-order valence-corrected chi connectivity index (χ4v) is 4.90. The Morgan fingerprint density at radius 1 is 1.04 bits per heavy atom. The smallest absolute Gasteiger partial charge is 0.243 e. The van der Waals surface area contributed by atoms with Crippen LogP contribution < -0.4 is 0 Å². The Balaban J connectivity index is 1.89. The van der Waals surface area contributed by atoms with Crippen LogP contribution in [0.25, 0.3) is 0 Å². The van der Waals surface area contributed by atoms with Crippen LogP contribution >= 0.6 is 0 Å². The molecule has 3 rings (SSSR count). The quantitative estimate of drug-likeness (QED) is 0.764. The Morgan fingerprint density at radius 2 is 1.68 bits per heavy atom. The van der Waals surface area contributed by atoms with Crippen molar-refractivity contribution in [3.8, 4) is 0 Å². The summed E-state index contributed by atoms with van der Waals surface area (Å²) in [5, 5.41) is 0. The first-order valence-corrected chi connectivity index (χ1v) is 10.1. The molecular weight excluding hydrogens is 334 g/mol. The molecule has 0 spiro atoms. The van der Waals surface area contributed by atoms with Crippen LogP contribution in [0.3, 0.4) is 0 Å². The van der Waals surface area contributed by atoms with Gasteiger partial charge in [-0.1, -0.05) is 56.3 Å². The van der Waals surface area contributed by atoms with Crippen LogP contribution in [0, 0.1) is 0 Å². The van der Waals surface area contributed by atoms with Gasteiger partial charge in [-0.2, -0.15) is 4.31 Å². The zero-order valence-corrected chi connectivity index (χ0v) is 15.4. The molecule has 0 radical (unpaired) electrons. The average molecular weight is 357 g/mol. The van der Waals surface area contributed by atoms with Crippen molar-refractivity contribution in [1.82, 2.24) is 4.31 Å². The Labute approximate surface area is 149 Å². The van der Waals surface area contributed by atoms with Crippen molar-refractivity contribution < 1.29 is 13.2 Å². The van der Waals surface area contributed by atoms with Crippen molar-refractivity contribution in [1.29, 1.82) is 0 Å². The fraction of sp³-hybridized carbons (Fsp3) is 0.350. The van der Waals surface area contributed by atoms with Gasteiger partial charge in [0.25, 0.3) is 0 Å². The number of nitrogens with zero attached hydrogens (tertiary/aromatic N) is 1. The van der Waals surface area contributed by atoms with Gasteiger partial charge in [-0.3, -0.25) is 4.79 Å². The van der Waals surface area contributed by atoms with Crippen molar-refractivity contribution in [3.63, 3.8) is 0 Å². The first-order valence-electron chi connectivity index (χ1n) is 8.62. The molecule has 1 atom stereocenters. The number of benzene rings is 2. The van der Waals surface area contributed by atoms with Crippen LogP contribution in [0.15, 0.2) is 59.5 Å². The van der Waals surface area contributed by atoms with E-state index in [1.54, 1.807) is 36.4 Å². The minimum atomic E-state index is -3.67. The van der Waals surface area contributed by atoms with E-state index in [-0.39, 0.29) is 10.7 Å². The lowest BCUT2D eigenvalue weighted by molar-refractivity contribution is 0.0918. The predicted molar refractivity (Wildman–Crippen MR) is 98.2 cm³/mol. The second kappa shape index (κ2) is 7.10. The molecule has 1 aliphatic rings. The third-order valence-corrected chi connectivity index (χ3v) is 6.64. The zero-order chi connectivity index (χ0) is 18.0. The molecule has 0 N–H and O–H groups in total. The average Bonchev–Trinajstić information content (AvgIpc) is 3.12. The van der Waals surface area contributed by atoms with Gasteiger partial charge in [-0.25, -0.2) is 8.42 Å². The Kier molecular flexibility index (Phi) is 5.06. The summed E-state index contributed by atoms with van der Waals surface area (Å²) in [7, 11) is -3.67. The number of carbonyl (C=O) groups excluding carboxylic acids is 1. The molecular formula is C20H23NO3S. The van der Waals surface area contributed by atoms with E-state index in [0.717, 1.165) is 5.56 Å². The van der Waals surface area contributed by atoms with E-state index in [0.29, 0.717) is 30.9 Å². The van der Waals surface area contributed by atoms with Crippen LogP contribution in [-0.2, 0) is 10.0 Å². The molecule has 0 saturated carbocycles. The van der Waals surface area contributed by atoms with E-state index in [1.165, 1.54) is 4.31 Å². The van der Waals surface area contributed by atoms with Gasteiger partial charge in [0, 0.05) is 12.1 Å². The first kappa shape index (κ1) is 17.8. The normalized spacial score (nSPS) is 18.6. The first-order chi connectivity index (χ1) is 11.9. The van der Waals surface area contributed by atoms with Gasteiger partial charge in [0.15, 0.2) is 5.78 Å². The van der Waals surface area contributed by atoms with E-state index < -0.39 is 16.1 Å². The van der Waals surface area contributed by atoms with Gasteiger partial charge in [-0.15, -0.1) is 0 Å². The zero-order valence-electron chi connectivity index (χ0n) is 14.6. The molecule has 25 heavy (non-hydrogen) atoms. The SMILES string of the molecule is CC(C)c1ccc(S(=O)(=O)N2CCCC2C(=O)c2ccccc2)cc1. The Bertz CT molecular complexity index is 842. The summed E-state index contributed by atoms with van der Waals surface area (Å²) >= 11 is 0. The van der Waals surface area contributed by atoms with Crippen LogP contribution in [0.1, 0.15) is 48.5 Å². The molecule has 5 heteroatoms. The van der Waals surface area contributed by atoms with E-state index in [1.807, 2.05) is 18.2 Å². The number of sulfonamides is 1. The molecule has 0 aliphatic carbocycles. The van der Waals surface area contributed by atoms with Crippen molar-refractivity contribution in [2.24, 2.45) is 0 Å². The summed E-state index contributed by atoms with van der Waals surface area (Å²) in [6, 6.07) is 15.3. The number of rotatable bonds is 5. The van der Waals surface area contributed by atoms with Crippen molar-refractivity contribution >= 4 is 15.8 Å². The number of carbonyl (C=O) groups is 1. The van der Waals surface area contributed by atoms with Crippen molar-refractivity contribution in [2.45, 2.75) is 43.5 Å². The van der Waals surface area contributed by atoms with E-state index in [4.69, 9.17) is 0 Å². The second-order valence-electron chi connectivity index (χ2n) is 6.73. The van der Waals surface area contributed by atoms with Gasteiger partial charge in [0.05, 0.1) is 10.9 Å². The third kappa shape index (κ3) is 3.53. The lowest BCUT2D eigenvalue weighted by Crippen LogP contribution is -2.40. The van der Waals surface area contributed by atoms with Crippen LogP contribution in [-0.4, -0.2) is 31.1 Å². The highest BCUT2D eigenvalue weighted by atomic mass is 32.2. The highest BCUT2D eigenvalue weighted by Crippen LogP contribution is 2.29. The Hall–Kier alpha value is -1.98. The van der Waals surface area contributed by atoms with Crippen LogP contribution in [0.2, 0.25) is 0 Å². The summed E-state index contributed by atoms with van der Waals surface area (Å²) in [6.45, 7) is 4.52. The predicted octanol–water partition coefficient (Wildman–Crippen LogP) is 3.85. The third-order valence-electron chi connectivity index (χ3n) is 4.72. The molecule has 1 heterocycles. The maximum absolute atomic E-state index is 13.0. The van der Waals surface area contributed by atoms with Gasteiger partial charge >= 0.3 is 0 Å². The maximum Gasteiger partial charge on any atom is 0.243 e. The summed E-state index contributed by atoms with van der Waals surface area (Å²) in [6.07, 6.45) is 1.27. The molecule has 2 aromatic carbocycles. The number of ketones is 1. The molecule has 0 aromatic heterocycles. The van der Waals surface area contributed by atoms with Crippen molar-refractivity contribution in [2.75, 3.05) is 6.54 Å². The monoisotopic (exact) mass is 357 g/mol. The van der Waals surface area contributed by atoms with E-state index >= 15 is 0 Å². The fourth-order valence-electron chi connectivity index (χ4n) is 3.24. The molecule has 132 valence electrons.